The molecule has 0 saturated carbocycles. The normalized spacial score (nSPS) is 12.8. The third-order valence-electron chi connectivity index (χ3n) is 2.97. The lowest BCUT2D eigenvalue weighted by atomic mass is 9.95. The van der Waals surface area contributed by atoms with Gasteiger partial charge in [0.2, 0.25) is 0 Å². The second kappa shape index (κ2) is 6.66. The summed E-state index contributed by atoms with van der Waals surface area (Å²) < 4.78 is 0. The first-order chi connectivity index (χ1) is 8.75. The Morgan fingerprint density at radius 3 is 2.61 bits per heavy atom. The maximum atomic E-state index is 4.16. The van der Waals surface area contributed by atoms with Crippen molar-refractivity contribution in [2.24, 2.45) is 0 Å². The van der Waals surface area contributed by atoms with Crippen molar-refractivity contribution >= 4 is 11.3 Å². The summed E-state index contributed by atoms with van der Waals surface area (Å²) in [6, 6.07) is 11.3. The predicted octanol–water partition coefficient (Wildman–Crippen LogP) is 3.47. The molecule has 1 heterocycles. The SMILES string of the molecule is CC(C)NCC(Cc1cncs1)c1ccccc1. The Kier molecular flexibility index (Phi) is 4.90. The zero-order chi connectivity index (χ0) is 12.8. The molecule has 1 unspecified atom stereocenters. The van der Waals surface area contributed by atoms with Crippen LogP contribution in [0, 0.1) is 0 Å². The van der Waals surface area contributed by atoms with Crippen LogP contribution >= 0.6 is 11.3 Å². The summed E-state index contributed by atoms with van der Waals surface area (Å²) in [5.41, 5.74) is 3.31. The zero-order valence-corrected chi connectivity index (χ0v) is 11.8. The highest BCUT2D eigenvalue weighted by atomic mass is 32.1. The van der Waals surface area contributed by atoms with Gasteiger partial charge in [-0.25, -0.2) is 0 Å². The molecule has 2 aromatic rings. The van der Waals surface area contributed by atoms with E-state index in [1.165, 1.54) is 10.4 Å². The van der Waals surface area contributed by atoms with Crippen molar-refractivity contribution in [3.05, 3.63) is 52.5 Å². The number of nitrogens with zero attached hydrogens (tertiary/aromatic N) is 1. The molecule has 0 fully saturated rings. The molecule has 0 radical (unpaired) electrons. The Morgan fingerprint density at radius 1 is 1.22 bits per heavy atom. The van der Waals surface area contributed by atoms with Crippen LogP contribution in [0.1, 0.15) is 30.2 Å². The molecule has 1 atom stereocenters. The molecule has 3 heteroatoms. The van der Waals surface area contributed by atoms with Gasteiger partial charge in [0.25, 0.3) is 0 Å². The molecular formula is C15H20N2S. The van der Waals surface area contributed by atoms with E-state index in [9.17, 15) is 0 Å². The van der Waals surface area contributed by atoms with E-state index in [1.807, 2.05) is 11.7 Å². The Morgan fingerprint density at radius 2 is 2.00 bits per heavy atom. The van der Waals surface area contributed by atoms with Crippen LogP contribution in [0.2, 0.25) is 0 Å². The molecule has 2 nitrogen and oxygen atoms in total. The number of thiazole rings is 1. The Hall–Kier alpha value is -1.19. The summed E-state index contributed by atoms with van der Waals surface area (Å²) in [6.07, 6.45) is 3.05. The van der Waals surface area contributed by atoms with Crippen LogP contribution in [-0.4, -0.2) is 17.6 Å². The number of rotatable bonds is 6. The molecule has 1 N–H and O–H groups in total. The minimum Gasteiger partial charge on any atom is -0.314 e. The van der Waals surface area contributed by atoms with Crippen molar-refractivity contribution in [3.63, 3.8) is 0 Å². The topological polar surface area (TPSA) is 24.9 Å². The molecule has 1 aromatic carbocycles. The van der Waals surface area contributed by atoms with Crippen LogP contribution in [0.5, 0.6) is 0 Å². The van der Waals surface area contributed by atoms with Gasteiger partial charge in [-0.05, 0) is 12.0 Å². The Bertz CT molecular complexity index is 437. The fraction of sp³-hybridized carbons (Fsp3) is 0.400. The summed E-state index contributed by atoms with van der Waals surface area (Å²) >= 11 is 1.74. The van der Waals surface area contributed by atoms with Crippen molar-refractivity contribution in [3.8, 4) is 0 Å². The molecule has 0 aliphatic carbocycles. The van der Waals surface area contributed by atoms with Gasteiger partial charge in [0.1, 0.15) is 0 Å². The first kappa shape index (κ1) is 13.2. The fourth-order valence-electron chi connectivity index (χ4n) is 2.00. The summed E-state index contributed by atoms with van der Waals surface area (Å²) in [6.45, 7) is 5.39. The van der Waals surface area contributed by atoms with Crippen molar-refractivity contribution < 1.29 is 0 Å². The van der Waals surface area contributed by atoms with Gasteiger partial charge in [-0.15, -0.1) is 11.3 Å². The van der Waals surface area contributed by atoms with E-state index < -0.39 is 0 Å². The number of hydrogen-bond donors (Lipinski definition) is 1. The summed E-state index contributed by atoms with van der Waals surface area (Å²) in [7, 11) is 0. The monoisotopic (exact) mass is 260 g/mol. The molecular weight excluding hydrogens is 240 g/mol. The lowest BCUT2D eigenvalue weighted by molar-refractivity contribution is 0.528. The quantitative estimate of drug-likeness (QED) is 0.860. The van der Waals surface area contributed by atoms with E-state index in [1.54, 1.807) is 11.3 Å². The molecule has 1 aromatic heterocycles. The first-order valence-electron chi connectivity index (χ1n) is 6.41. The maximum Gasteiger partial charge on any atom is 0.0794 e. The molecule has 0 spiro atoms. The zero-order valence-electron chi connectivity index (χ0n) is 11.0. The third kappa shape index (κ3) is 3.93. The van der Waals surface area contributed by atoms with Crippen molar-refractivity contribution in [2.45, 2.75) is 32.2 Å². The fourth-order valence-corrected chi connectivity index (χ4v) is 2.67. The lowest BCUT2D eigenvalue weighted by Gasteiger charge is -2.19. The van der Waals surface area contributed by atoms with Gasteiger partial charge in [-0.3, -0.25) is 4.98 Å². The Labute approximate surface area is 113 Å². The molecule has 96 valence electrons. The Balaban J connectivity index is 2.07. The number of nitrogens with one attached hydrogen (secondary N) is 1. The highest BCUT2D eigenvalue weighted by molar-refractivity contribution is 7.09. The average molecular weight is 260 g/mol. The van der Waals surface area contributed by atoms with E-state index in [0.717, 1.165) is 13.0 Å². The number of aromatic nitrogens is 1. The van der Waals surface area contributed by atoms with Gasteiger partial charge in [0.05, 0.1) is 5.51 Å². The third-order valence-corrected chi connectivity index (χ3v) is 3.78. The minimum absolute atomic E-state index is 0.522. The minimum atomic E-state index is 0.522. The predicted molar refractivity (Wildman–Crippen MR) is 78.1 cm³/mol. The molecule has 18 heavy (non-hydrogen) atoms. The van der Waals surface area contributed by atoms with Crippen molar-refractivity contribution in [2.75, 3.05) is 6.54 Å². The smallest absolute Gasteiger partial charge is 0.0794 e. The standard InChI is InChI=1S/C15H20N2S/c1-12(2)17-9-14(8-15-10-16-11-18-15)13-6-4-3-5-7-13/h3-7,10-12,14,17H,8-9H2,1-2H3. The number of benzene rings is 1. The van der Waals surface area contributed by atoms with Crippen LogP contribution in [0.4, 0.5) is 0 Å². The molecule has 0 amide bonds. The van der Waals surface area contributed by atoms with Crippen LogP contribution in [-0.2, 0) is 6.42 Å². The summed E-state index contributed by atoms with van der Waals surface area (Å²) in [5, 5.41) is 3.54. The van der Waals surface area contributed by atoms with Gasteiger partial charge < -0.3 is 5.32 Å². The second-order valence-corrected chi connectivity index (χ2v) is 5.81. The summed E-state index contributed by atoms with van der Waals surface area (Å²) in [4.78, 5) is 5.52. The second-order valence-electron chi connectivity index (χ2n) is 4.84. The van der Waals surface area contributed by atoms with E-state index in [4.69, 9.17) is 0 Å². The molecule has 0 aliphatic rings. The highest BCUT2D eigenvalue weighted by Gasteiger charge is 2.13. The van der Waals surface area contributed by atoms with Crippen LogP contribution < -0.4 is 5.32 Å². The molecule has 0 saturated heterocycles. The largest absolute Gasteiger partial charge is 0.314 e. The molecule has 0 bridgehead atoms. The van der Waals surface area contributed by atoms with Crippen molar-refractivity contribution in [1.29, 1.82) is 0 Å². The van der Waals surface area contributed by atoms with Crippen molar-refractivity contribution in [1.82, 2.24) is 10.3 Å². The number of hydrogen-bond acceptors (Lipinski definition) is 3. The highest BCUT2D eigenvalue weighted by Crippen LogP contribution is 2.22. The molecule has 0 aliphatic heterocycles. The van der Waals surface area contributed by atoms with Gasteiger partial charge in [0, 0.05) is 29.6 Å². The average Bonchev–Trinajstić information content (AvgIpc) is 2.88. The van der Waals surface area contributed by atoms with E-state index in [-0.39, 0.29) is 0 Å². The van der Waals surface area contributed by atoms with Gasteiger partial charge in [-0.2, -0.15) is 0 Å². The van der Waals surface area contributed by atoms with Crippen LogP contribution in [0.15, 0.2) is 42.0 Å². The molecule has 2 rings (SSSR count). The lowest BCUT2D eigenvalue weighted by Crippen LogP contribution is -2.28. The van der Waals surface area contributed by atoms with Gasteiger partial charge in [0.15, 0.2) is 0 Å². The van der Waals surface area contributed by atoms with E-state index in [0.29, 0.717) is 12.0 Å². The van der Waals surface area contributed by atoms with Gasteiger partial charge in [-0.1, -0.05) is 44.2 Å². The van der Waals surface area contributed by atoms with E-state index >= 15 is 0 Å². The van der Waals surface area contributed by atoms with Crippen LogP contribution in [0.25, 0.3) is 0 Å². The van der Waals surface area contributed by atoms with E-state index in [2.05, 4.69) is 54.5 Å². The maximum absolute atomic E-state index is 4.16. The van der Waals surface area contributed by atoms with Gasteiger partial charge >= 0.3 is 0 Å². The van der Waals surface area contributed by atoms with Crippen LogP contribution in [0.3, 0.4) is 0 Å². The first-order valence-corrected chi connectivity index (χ1v) is 7.29. The summed E-state index contributed by atoms with van der Waals surface area (Å²) in [5.74, 6) is 0.522.